The number of rotatable bonds is 7. The van der Waals surface area contributed by atoms with Crippen LogP contribution in [-0.4, -0.2) is 22.0 Å². The average molecular weight is 461 g/mol. The highest BCUT2D eigenvalue weighted by Crippen LogP contribution is 2.27. The van der Waals surface area contributed by atoms with Crippen molar-refractivity contribution in [2.24, 2.45) is 0 Å². The molecule has 1 heterocycles. The van der Waals surface area contributed by atoms with E-state index in [0.29, 0.717) is 33.6 Å². The van der Waals surface area contributed by atoms with Crippen molar-refractivity contribution in [3.05, 3.63) is 101 Å². The highest BCUT2D eigenvalue weighted by Gasteiger charge is 2.21. The molecule has 4 rings (SSSR count). The van der Waals surface area contributed by atoms with Crippen LogP contribution in [0.5, 0.6) is 0 Å². The molecule has 0 aliphatic carbocycles. The van der Waals surface area contributed by atoms with Crippen molar-refractivity contribution in [3.63, 3.8) is 0 Å². The summed E-state index contributed by atoms with van der Waals surface area (Å²) in [4.78, 5) is 30.1. The lowest BCUT2D eigenvalue weighted by atomic mass is 10.0. The highest BCUT2D eigenvalue weighted by atomic mass is 35.5. The van der Waals surface area contributed by atoms with Crippen LogP contribution in [0.1, 0.15) is 34.3 Å². The van der Waals surface area contributed by atoms with E-state index in [-0.39, 0.29) is 18.2 Å². The quantitative estimate of drug-likeness (QED) is 0.395. The monoisotopic (exact) mass is 460 g/mol. The van der Waals surface area contributed by atoms with Crippen molar-refractivity contribution in [2.45, 2.75) is 19.4 Å². The normalized spacial score (nSPS) is 11.6. The number of halogens is 1. The molecule has 0 fully saturated rings. The van der Waals surface area contributed by atoms with E-state index >= 15 is 0 Å². The van der Waals surface area contributed by atoms with Gasteiger partial charge in [0.15, 0.2) is 0 Å². The molecule has 0 aliphatic rings. The van der Waals surface area contributed by atoms with Gasteiger partial charge in [-0.25, -0.2) is 0 Å². The number of hydrogen-bond donors (Lipinski definition) is 2. The first-order chi connectivity index (χ1) is 16.0. The van der Waals surface area contributed by atoms with Crippen molar-refractivity contribution < 1.29 is 14.1 Å². The largest absolute Gasteiger partial charge is 0.345 e. The topological polar surface area (TPSA) is 97.1 Å². The third-order valence-corrected chi connectivity index (χ3v) is 5.31. The molecule has 1 aromatic heterocycles. The first-order valence-corrected chi connectivity index (χ1v) is 10.7. The smallest absolute Gasteiger partial charge is 0.253 e. The molecule has 3 aromatic carbocycles. The number of hydrogen-bond acceptors (Lipinski definition) is 5. The predicted molar refractivity (Wildman–Crippen MR) is 126 cm³/mol. The Labute approximate surface area is 195 Å². The maximum atomic E-state index is 13.0. The standard InChI is InChI=1S/C25H21ClN4O3/c1-16-27-24(30-33-16)19-12-6-8-14-21(19)28-23(31)15-22(17-9-3-2-4-10-17)29-25(32)18-11-5-7-13-20(18)26/h2-14,22H,15H2,1H3,(H,28,31)(H,29,32). The van der Waals surface area contributed by atoms with Crippen LogP contribution in [-0.2, 0) is 4.79 Å². The Hall–Kier alpha value is -3.97. The van der Waals surface area contributed by atoms with Gasteiger partial charge in [-0.1, -0.05) is 71.4 Å². The average Bonchev–Trinajstić information content (AvgIpc) is 3.26. The summed E-state index contributed by atoms with van der Waals surface area (Å²) in [6.45, 7) is 1.70. The highest BCUT2D eigenvalue weighted by molar-refractivity contribution is 6.33. The minimum Gasteiger partial charge on any atom is -0.345 e. The Morgan fingerprint density at radius 1 is 0.970 bits per heavy atom. The predicted octanol–water partition coefficient (Wildman–Crippen LogP) is 5.20. The van der Waals surface area contributed by atoms with Gasteiger partial charge in [-0.2, -0.15) is 4.98 Å². The van der Waals surface area contributed by atoms with E-state index in [9.17, 15) is 9.59 Å². The summed E-state index contributed by atoms with van der Waals surface area (Å²) < 4.78 is 5.06. The Bertz CT molecular complexity index is 1270. The van der Waals surface area contributed by atoms with Crippen LogP contribution >= 0.6 is 11.6 Å². The lowest BCUT2D eigenvalue weighted by Gasteiger charge is -2.20. The van der Waals surface area contributed by atoms with Gasteiger partial charge in [0.2, 0.25) is 17.6 Å². The molecule has 2 amide bonds. The Morgan fingerprint density at radius 2 is 1.67 bits per heavy atom. The maximum absolute atomic E-state index is 13.0. The van der Waals surface area contributed by atoms with Gasteiger partial charge in [-0.15, -0.1) is 0 Å². The lowest BCUT2D eigenvalue weighted by molar-refractivity contribution is -0.116. The van der Waals surface area contributed by atoms with E-state index in [0.717, 1.165) is 5.56 Å². The Morgan fingerprint density at radius 3 is 2.39 bits per heavy atom. The minimum absolute atomic E-state index is 0.0137. The molecule has 7 nitrogen and oxygen atoms in total. The first-order valence-electron chi connectivity index (χ1n) is 10.3. The van der Waals surface area contributed by atoms with Gasteiger partial charge in [-0.3, -0.25) is 9.59 Å². The number of para-hydroxylation sites is 1. The molecule has 0 saturated heterocycles. The number of amides is 2. The van der Waals surface area contributed by atoms with Crippen LogP contribution in [0.4, 0.5) is 5.69 Å². The number of aromatic nitrogens is 2. The lowest BCUT2D eigenvalue weighted by Crippen LogP contribution is -2.31. The molecule has 0 radical (unpaired) electrons. The van der Waals surface area contributed by atoms with Gasteiger partial charge in [0, 0.05) is 12.5 Å². The molecule has 0 aliphatic heterocycles. The minimum atomic E-state index is -0.561. The number of nitrogens with zero attached hydrogens (tertiary/aromatic N) is 2. The summed E-state index contributed by atoms with van der Waals surface area (Å²) >= 11 is 6.18. The van der Waals surface area contributed by atoms with Gasteiger partial charge in [0.05, 0.1) is 28.7 Å². The number of carbonyl (C=O) groups is 2. The maximum Gasteiger partial charge on any atom is 0.253 e. The van der Waals surface area contributed by atoms with Crippen LogP contribution in [0.2, 0.25) is 5.02 Å². The zero-order chi connectivity index (χ0) is 23.2. The molecule has 4 aromatic rings. The van der Waals surface area contributed by atoms with Gasteiger partial charge in [0.1, 0.15) is 0 Å². The van der Waals surface area contributed by atoms with Crippen molar-refractivity contribution in [1.29, 1.82) is 0 Å². The fraction of sp³-hybridized carbons (Fsp3) is 0.120. The van der Waals surface area contributed by atoms with Gasteiger partial charge in [0.25, 0.3) is 5.91 Å². The van der Waals surface area contributed by atoms with Crippen LogP contribution < -0.4 is 10.6 Å². The SMILES string of the molecule is Cc1nc(-c2ccccc2NC(=O)CC(NC(=O)c2ccccc2Cl)c2ccccc2)no1. The van der Waals surface area contributed by atoms with Gasteiger partial charge in [-0.05, 0) is 29.8 Å². The summed E-state index contributed by atoms with van der Waals surface area (Å²) in [7, 11) is 0. The molecule has 0 spiro atoms. The third kappa shape index (κ3) is 5.45. The molecular weight excluding hydrogens is 440 g/mol. The van der Waals surface area contributed by atoms with E-state index in [1.807, 2.05) is 36.4 Å². The molecule has 0 saturated carbocycles. The van der Waals surface area contributed by atoms with Crippen LogP contribution in [0, 0.1) is 6.92 Å². The number of aryl methyl sites for hydroxylation is 1. The van der Waals surface area contributed by atoms with E-state index in [2.05, 4.69) is 20.8 Å². The van der Waals surface area contributed by atoms with Crippen molar-refractivity contribution >= 4 is 29.1 Å². The molecule has 1 unspecified atom stereocenters. The molecule has 2 N–H and O–H groups in total. The second-order valence-electron chi connectivity index (χ2n) is 7.35. The van der Waals surface area contributed by atoms with Crippen molar-refractivity contribution in [2.75, 3.05) is 5.32 Å². The second-order valence-corrected chi connectivity index (χ2v) is 7.76. The van der Waals surface area contributed by atoms with Crippen LogP contribution in [0.25, 0.3) is 11.4 Å². The zero-order valence-corrected chi connectivity index (χ0v) is 18.5. The molecule has 166 valence electrons. The summed E-state index contributed by atoms with van der Waals surface area (Å²) in [5.41, 5.74) is 2.33. The fourth-order valence-corrected chi connectivity index (χ4v) is 3.62. The number of anilines is 1. The first kappa shape index (κ1) is 22.2. The molecule has 33 heavy (non-hydrogen) atoms. The van der Waals surface area contributed by atoms with Crippen LogP contribution in [0.15, 0.2) is 83.4 Å². The summed E-state index contributed by atoms with van der Waals surface area (Å²) in [5, 5.41) is 10.1. The Balaban J connectivity index is 1.54. The van der Waals surface area contributed by atoms with Gasteiger partial charge >= 0.3 is 0 Å². The fourth-order valence-electron chi connectivity index (χ4n) is 3.40. The Kier molecular flexibility index (Phi) is 6.80. The van der Waals surface area contributed by atoms with E-state index in [1.54, 1.807) is 49.4 Å². The van der Waals surface area contributed by atoms with Crippen molar-refractivity contribution in [1.82, 2.24) is 15.5 Å². The second kappa shape index (κ2) is 10.1. The van der Waals surface area contributed by atoms with E-state index in [1.165, 1.54) is 0 Å². The summed E-state index contributed by atoms with van der Waals surface area (Å²) in [6.07, 6.45) is 0.0137. The number of carbonyl (C=O) groups excluding carboxylic acids is 2. The van der Waals surface area contributed by atoms with E-state index in [4.69, 9.17) is 16.1 Å². The molecular formula is C25H21ClN4O3. The van der Waals surface area contributed by atoms with Gasteiger partial charge < -0.3 is 15.2 Å². The number of benzene rings is 3. The molecule has 0 bridgehead atoms. The third-order valence-electron chi connectivity index (χ3n) is 4.98. The molecule has 8 heteroatoms. The van der Waals surface area contributed by atoms with E-state index < -0.39 is 6.04 Å². The van der Waals surface area contributed by atoms with Crippen LogP contribution in [0.3, 0.4) is 0 Å². The molecule has 1 atom stereocenters. The zero-order valence-electron chi connectivity index (χ0n) is 17.8. The summed E-state index contributed by atoms with van der Waals surface area (Å²) in [5.74, 6) is 0.175. The summed E-state index contributed by atoms with van der Waals surface area (Å²) in [6, 6.07) is 22.7. The van der Waals surface area contributed by atoms with Crippen molar-refractivity contribution in [3.8, 4) is 11.4 Å². The number of nitrogens with one attached hydrogen (secondary N) is 2.